The fourth-order valence-electron chi connectivity index (χ4n) is 4.81. The van der Waals surface area contributed by atoms with Gasteiger partial charge < -0.3 is 19.4 Å². The molecule has 0 bridgehead atoms. The van der Waals surface area contributed by atoms with Crippen molar-refractivity contribution in [3.63, 3.8) is 0 Å². The number of ether oxygens (including phenoxy) is 2. The minimum atomic E-state index is -0.0609. The molecule has 32 heavy (non-hydrogen) atoms. The zero-order valence-corrected chi connectivity index (χ0v) is 19.1. The molecule has 1 aliphatic carbocycles. The molecule has 2 atom stereocenters. The first-order chi connectivity index (χ1) is 15.7. The second kappa shape index (κ2) is 8.15. The SMILES string of the molecule is C[C@@H](Oc1cc(-c2cnc(C3CCOCC3)s2)cc2ncn(C3CC3)c12)[C@H]1CNC(=O)C1. The van der Waals surface area contributed by atoms with E-state index in [0.29, 0.717) is 24.9 Å². The Kier molecular flexibility index (Phi) is 5.14. The van der Waals surface area contributed by atoms with Gasteiger partial charge in [-0.1, -0.05) is 0 Å². The largest absolute Gasteiger partial charge is 0.488 e. The number of nitrogens with zero attached hydrogens (tertiary/aromatic N) is 3. The smallest absolute Gasteiger partial charge is 0.220 e. The van der Waals surface area contributed by atoms with Crippen LogP contribution in [0.3, 0.4) is 0 Å². The van der Waals surface area contributed by atoms with E-state index in [4.69, 9.17) is 19.4 Å². The molecule has 2 aliphatic heterocycles. The first-order valence-electron chi connectivity index (χ1n) is 11.6. The van der Waals surface area contributed by atoms with Crippen LogP contribution in [0.2, 0.25) is 0 Å². The summed E-state index contributed by atoms with van der Waals surface area (Å²) < 4.78 is 14.3. The molecule has 1 N–H and O–H groups in total. The third-order valence-electron chi connectivity index (χ3n) is 6.94. The Morgan fingerprint density at radius 2 is 2.06 bits per heavy atom. The maximum absolute atomic E-state index is 11.7. The third-order valence-corrected chi connectivity index (χ3v) is 8.15. The number of hydrogen-bond donors (Lipinski definition) is 1. The summed E-state index contributed by atoms with van der Waals surface area (Å²) in [5.74, 6) is 1.64. The summed E-state index contributed by atoms with van der Waals surface area (Å²) in [4.78, 5) is 22.3. The number of nitrogens with one attached hydrogen (secondary N) is 1. The summed E-state index contributed by atoms with van der Waals surface area (Å²) in [6.07, 6.45) is 8.85. The van der Waals surface area contributed by atoms with E-state index in [9.17, 15) is 4.79 Å². The van der Waals surface area contributed by atoms with Crippen molar-refractivity contribution in [1.82, 2.24) is 19.9 Å². The van der Waals surface area contributed by atoms with Crippen LogP contribution < -0.4 is 10.1 Å². The minimum Gasteiger partial charge on any atom is -0.488 e. The van der Waals surface area contributed by atoms with Crippen molar-refractivity contribution in [2.45, 2.75) is 57.1 Å². The van der Waals surface area contributed by atoms with Crippen molar-refractivity contribution in [3.8, 4) is 16.2 Å². The van der Waals surface area contributed by atoms with Crippen LogP contribution in [0.25, 0.3) is 21.5 Å². The van der Waals surface area contributed by atoms with Crippen LogP contribution in [-0.2, 0) is 9.53 Å². The quantitative estimate of drug-likeness (QED) is 0.604. The van der Waals surface area contributed by atoms with Gasteiger partial charge >= 0.3 is 0 Å². The number of benzene rings is 1. The number of imidazole rings is 1. The molecule has 3 aromatic rings. The highest BCUT2D eigenvalue weighted by molar-refractivity contribution is 7.15. The zero-order valence-electron chi connectivity index (χ0n) is 18.3. The molecule has 1 aromatic carbocycles. The van der Waals surface area contributed by atoms with Crippen molar-refractivity contribution < 1.29 is 14.3 Å². The Bertz CT molecular complexity index is 1150. The number of amides is 1. The second-order valence-electron chi connectivity index (χ2n) is 9.27. The summed E-state index contributed by atoms with van der Waals surface area (Å²) >= 11 is 1.77. The van der Waals surface area contributed by atoms with E-state index in [-0.39, 0.29) is 17.9 Å². The number of thiazole rings is 1. The molecular formula is C24H28N4O3S. The lowest BCUT2D eigenvalue weighted by Gasteiger charge is -2.21. The molecule has 8 heteroatoms. The van der Waals surface area contributed by atoms with Gasteiger partial charge in [-0.2, -0.15) is 0 Å². The lowest BCUT2D eigenvalue weighted by molar-refractivity contribution is -0.119. The van der Waals surface area contributed by atoms with Crippen LogP contribution in [-0.4, -0.2) is 46.3 Å². The number of hydrogen-bond acceptors (Lipinski definition) is 6. The van der Waals surface area contributed by atoms with Gasteiger partial charge in [0.2, 0.25) is 5.91 Å². The Labute approximate surface area is 191 Å². The van der Waals surface area contributed by atoms with E-state index in [2.05, 4.69) is 28.9 Å². The molecule has 2 aromatic heterocycles. The van der Waals surface area contributed by atoms with Gasteiger partial charge in [0.1, 0.15) is 17.4 Å². The van der Waals surface area contributed by atoms with Gasteiger partial charge in [0.25, 0.3) is 0 Å². The minimum absolute atomic E-state index is 0.0609. The lowest BCUT2D eigenvalue weighted by Crippen LogP contribution is -2.25. The van der Waals surface area contributed by atoms with E-state index >= 15 is 0 Å². The standard InChI is InChI=1S/C24H28N4O3S/c1-14(17-10-22(29)25-11-17)31-20-9-16(8-19-23(20)28(13-27-19)18-2-3-18)21-12-26-24(32-21)15-4-6-30-7-5-15/h8-9,12-15,17-18H,2-7,10-11H2,1H3,(H,25,29)/t14-,17-/m1/s1. The van der Waals surface area contributed by atoms with Gasteiger partial charge in [0.05, 0.1) is 21.7 Å². The fourth-order valence-corrected chi connectivity index (χ4v) is 5.88. The predicted octanol–water partition coefficient (Wildman–Crippen LogP) is 4.29. The number of rotatable bonds is 6. The Hall–Kier alpha value is -2.45. The van der Waals surface area contributed by atoms with Crippen LogP contribution in [0.15, 0.2) is 24.7 Å². The van der Waals surface area contributed by atoms with E-state index < -0.39 is 0 Å². The molecular weight excluding hydrogens is 424 g/mol. The summed E-state index contributed by atoms with van der Waals surface area (Å²) in [6.45, 7) is 4.38. The van der Waals surface area contributed by atoms with Crippen molar-refractivity contribution in [3.05, 3.63) is 29.7 Å². The van der Waals surface area contributed by atoms with Crippen LogP contribution in [0.1, 0.15) is 56.0 Å². The molecule has 4 heterocycles. The Morgan fingerprint density at radius 3 is 2.81 bits per heavy atom. The van der Waals surface area contributed by atoms with Crippen LogP contribution in [0.4, 0.5) is 0 Å². The zero-order chi connectivity index (χ0) is 21.7. The molecule has 7 nitrogen and oxygen atoms in total. The number of carbonyl (C=O) groups excluding carboxylic acids is 1. The number of carbonyl (C=O) groups is 1. The molecule has 1 saturated carbocycles. The van der Waals surface area contributed by atoms with Crippen molar-refractivity contribution >= 4 is 28.3 Å². The van der Waals surface area contributed by atoms with Crippen molar-refractivity contribution in [2.75, 3.05) is 19.8 Å². The normalized spacial score (nSPS) is 22.9. The second-order valence-corrected chi connectivity index (χ2v) is 10.3. The van der Waals surface area contributed by atoms with Gasteiger partial charge in [-0.05, 0) is 50.3 Å². The Balaban J connectivity index is 1.35. The molecule has 3 fully saturated rings. The molecule has 0 unspecified atom stereocenters. The lowest BCUT2D eigenvalue weighted by atomic mass is 10.0. The summed E-state index contributed by atoms with van der Waals surface area (Å²) in [5, 5.41) is 4.12. The van der Waals surface area contributed by atoms with Gasteiger partial charge in [0.15, 0.2) is 0 Å². The monoisotopic (exact) mass is 452 g/mol. The summed E-state index contributed by atoms with van der Waals surface area (Å²) in [5.41, 5.74) is 3.12. The van der Waals surface area contributed by atoms with E-state index in [0.717, 1.165) is 53.3 Å². The predicted molar refractivity (Wildman–Crippen MR) is 123 cm³/mol. The summed E-state index contributed by atoms with van der Waals surface area (Å²) in [7, 11) is 0. The van der Waals surface area contributed by atoms with Gasteiger partial charge in [-0.15, -0.1) is 11.3 Å². The molecule has 3 aliphatic rings. The number of aromatic nitrogens is 3. The maximum Gasteiger partial charge on any atom is 0.220 e. The topological polar surface area (TPSA) is 78.3 Å². The summed E-state index contributed by atoms with van der Waals surface area (Å²) in [6, 6.07) is 4.82. The van der Waals surface area contributed by atoms with Crippen molar-refractivity contribution in [2.24, 2.45) is 5.92 Å². The van der Waals surface area contributed by atoms with Crippen LogP contribution >= 0.6 is 11.3 Å². The van der Waals surface area contributed by atoms with Crippen LogP contribution in [0, 0.1) is 5.92 Å². The first kappa shape index (κ1) is 20.2. The van der Waals surface area contributed by atoms with Gasteiger partial charge in [-0.25, -0.2) is 9.97 Å². The molecule has 0 spiro atoms. The molecule has 2 saturated heterocycles. The van der Waals surface area contributed by atoms with Crippen molar-refractivity contribution in [1.29, 1.82) is 0 Å². The highest BCUT2D eigenvalue weighted by Gasteiger charge is 2.31. The van der Waals surface area contributed by atoms with E-state index in [1.165, 1.54) is 17.8 Å². The molecule has 1 amide bonds. The van der Waals surface area contributed by atoms with E-state index in [1.807, 2.05) is 12.5 Å². The van der Waals surface area contributed by atoms with Crippen LogP contribution in [0.5, 0.6) is 5.75 Å². The maximum atomic E-state index is 11.7. The highest BCUT2D eigenvalue weighted by Crippen LogP contribution is 2.43. The van der Waals surface area contributed by atoms with Gasteiger partial charge in [0, 0.05) is 50.3 Å². The fraction of sp³-hybridized carbons (Fsp3) is 0.542. The third kappa shape index (κ3) is 3.79. The van der Waals surface area contributed by atoms with Gasteiger partial charge in [-0.3, -0.25) is 4.79 Å². The highest BCUT2D eigenvalue weighted by atomic mass is 32.1. The molecule has 0 radical (unpaired) electrons. The van der Waals surface area contributed by atoms with E-state index in [1.54, 1.807) is 11.3 Å². The first-order valence-corrected chi connectivity index (χ1v) is 12.4. The average molecular weight is 453 g/mol. The molecule has 168 valence electrons. The number of fused-ring (bicyclic) bond motifs is 1. The molecule has 6 rings (SSSR count). The average Bonchev–Trinajstić information content (AvgIpc) is 3.19. The Morgan fingerprint density at radius 1 is 1.22 bits per heavy atom.